The van der Waals surface area contributed by atoms with Crippen LogP contribution in [0.25, 0.3) is 0 Å². The van der Waals surface area contributed by atoms with Gasteiger partial charge in [-0.3, -0.25) is 20.3 Å². The quantitative estimate of drug-likeness (QED) is 0.386. The Labute approximate surface area is 140 Å². The molecule has 122 valence electrons. The summed E-state index contributed by atoms with van der Waals surface area (Å²) >= 11 is 0. The molecule has 25 heavy (non-hydrogen) atoms. The molecule has 9 heteroatoms. The Balaban J connectivity index is 2.55. The predicted octanol–water partition coefficient (Wildman–Crippen LogP) is 2.78. The monoisotopic (exact) mass is 337 g/mol. The molecule has 0 amide bonds. The second kappa shape index (κ2) is 7.44. The summed E-state index contributed by atoms with van der Waals surface area (Å²) in [6, 6.07) is 11.4. The van der Waals surface area contributed by atoms with Crippen LogP contribution < -0.4 is 5.43 Å². The van der Waals surface area contributed by atoms with Crippen molar-refractivity contribution >= 4 is 22.9 Å². The van der Waals surface area contributed by atoms with Gasteiger partial charge in [0.1, 0.15) is 18.0 Å². The molecule has 0 fully saturated rings. The largest absolute Gasteiger partial charge is 0.288 e. The lowest BCUT2D eigenvalue weighted by molar-refractivity contribution is -0.384. The highest BCUT2D eigenvalue weighted by Gasteiger charge is 2.20. The van der Waals surface area contributed by atoms with Crippen molar-refractivity contribution in [3.8, 4) is 12.1 Å². The third kappa shape index (κ3) is 3.81. The van der Waals surface area contributed by atoms with Gasteiger partial charge in [-0.25, -0.2) is 4.39 Å². The number of nitriles is 2. The van der Waals surface area contributed by atoms with E-state index in [2.05, 4.69) is 10.5 Å². The standard InChI is InChI=1S/C16H8FN5O3/c17-14-4-2-1-3-12(14)16(23)13-7-11(22(24)25)5-6-15(13)21-20-10(8-18)9-19/h1-7,21H. The van der Waals surface area contributed by atoms with Gasteiger partial charge < -0.3 is 0 Å². The van der Waals surface area contributed by atoms with Crippen molar-refractivity contribution in [1.82, 2.24) is 0 Å². The summed E-state index contributed by atoms with van der Waals surface area (Å²) in [4.78, 5) is 22.8. The van der Waals surface area contributed by atoms with Gasteiger partial charge in [0.15, 0.2) is 5.78 Å². The summed E-state index contributed by atoms with van der Waals surface area (Å²) in [6.07, 6.45) is 0. The number of hydrazone groups is 1. The van der Waals surface area contributed by atoms with E-state index in [0.717, 1.165) is 18.2 Å². The van der Waals surface area contributed by atoms with Crippen molar-refractivity contribution in [3.05, 3.63) is 69.5 Å². The molecule has 2 aromatic carbocycles. The maximum absolute atomic E-state index is 13.9. The molecule has 0 saturated carbocycles. The lowest BCUT2D eigenvalue weighted by atomic mass is 10.0. The summed E-state index contributed by atoms with van der Waals surface area (Å²) in [6.45, 7) is 0. The van der Waals surface area contributed by atoms with Crippen molar-refractivity contribution in [2.75, 3.05) is 5.43 Å². The minimum Gasteiger partial charge on any atom is -0.288 e. The predicted molar refractivity (Wildman–Crippen MR) is 85.2 cm³/mol. The van der Waals surface area contributed by atoms with E-state index in [4.69, 9.17) is 10.5 Å². The highest BCUT2D eigenvalue weighted by atomic mass is 19.1. The van der Waals surface area contributed by atoms with Crippen molar-refractivity contribution in [2.45, 2.75) is 0 Å². The Bertz CT molecular complexity index is 956. The number of hydrogen-bond acceptors (Lipinski definition) is 7. The molecular formula is C16H8FN5O3. The topological polar surface area (TPSA) is 132 Å². The van der Waals surface area contributed by atoms with E-state index in [1.165, 1.54) is 36.4 Å². The fourth-order valence-electron chi connectivity index (χ4n) is 1.91. The fraction of sp³-hybridized carbons (Fsp3) is 0. The number of nitro benzene ring substituents is 1. The molecule has 0 aliphatic heterocycles. The Hall–Kier alpha value is -4.11. The Morgan fingerprint density at radius 3 is 2.44 bits per heavy atom. The van der Waals surface area contributed by atoms with Gasteiger partial charge in [0.25, 0.3) is 5.69 Å². The molecule has 0 bridgehead atoms. The van der Waals surface area contributed by atoms with Crippen LogP contribution in [0.4, 0.5) is 15.8 Å². The second-order valence-corrected chi connectivity index (χ2v) is 4.59. The van der Waals surface area contributed by atoms with E-state index in [-0.39, 0.29) is 22.5 Å². The van der Waals surface area contributed by atoms with Gasteiger partial charge in [-0.1, -0.05) is 12.1 Å². The number of benzene rings is 2. The van der Waals surface area contributed by atoms with Crippen molar-refractivity contribution < 1.29 is 14.1 Å². The zero-order valence-corrected chi connectivity index (χ0v) is 12.4. The molecule has 2 aromatic rings. The molecule has 0 aromatic heterocycles. The maximum Gasteiger partial charge on any atom is 0.270 e. The van der Waals surface area contributed by atoms with Crippen molar-refractivity contribution in [2.24, 2.45) is 5.10 Å². The van der Waals surface area contributed by atoms with Crippen LogP contribution in [0.1, 0.15) is 15.9 Å². The van der Waals surface area contributed by atoms with Crippen LogP contribution in [0.2, 0.25) is 0 Å². The average molecular weight is 337 g/mol. The molecule has 0 saturated heterocycles. The highest BCUT2D eigenvalue weighted by molar-refractivity contribution is 6.13. The van der Waals surface area contributed by atoms with Gasteiger partial charge in [-0.2, -0.15) is 15.6 Å². The first kappa shape index (κ1) is 17.2. The Kier molecular flexibility index (Phi) is 5.13. The van der Waals surface area contributed by atoms with E-state index < -0.39 is 22.2 Å². The normalized spacial score (nSPS) is 9.40. The van der Waals surface area contributed by atoms with Gasteiger partial charge in [0, 0.05) is 12.1 Å². The van der Waals surface area contributed by atoms with E-state index in [0.29, 0.717) is 0 Å². The van der Waals surface area contributed by atoms with Crippen LogP contribution in [0.3, 0.4) is 0 Å². The molecule has 0 radical (unpaired) electrons. The maximum atomic E-state index is 13.9. The van der Waals surface area contributed by atoms with Crippen LogP contribution in [0, 0.1) is 38.6 Å². The minimum atomic E-state index is -0.810. The number of nitrogens with one attached hydrogen (secondary N) is 1. The molecule has 0 aliphatic carbocycles. The number of nitrogens with zero attached hydrogens (tertiary/aromatic N) is 4. The van der Waals surface area contributed by atoms with Crippen LogP contribution in [-0.4, -0.2) is 16.4 Å². The number of carbonyl (C=O) groups is 1. The van der Waals surface area contributed by atoms with Gasteiger partial charge >= 0.3 is 0 Å². The number of carbonyl (C=O) groups excluding carboxylic acids is 1. The molecular weight excluding hydrogens is 329 g/mol. The Morgan fingerprint density at radius 1 is 1.16 bits per heavy atom. The molecule has 0 aliphatic rings. The van der Waals surface area contributed by atoms with Gasteiger partial charge in [0.05, 0.1) is 21.7 Å². The third-order valence-corrected chi connectivity index (χ3v) is 3.08. The number of hydrogen-bond donors (Lipinski definition) is 1. The average Bonchev–Trinajstić information content (AvgIpc) is 2.62. The first-order valence-corrected chi connectivity index (χ1v) is 6.69. The van der Waals surface area contributed by atoms with Crippen LogP contribution in [-0.2, 0) is 0 Å². The van der Waals surface area contributed by atoms with Crippen LogP contribution in [0.5, 0.6) is 0 Å². The fourth-order valence-corrected chi connectivity index (χ4v) is 1.91. The summed E-state index contributed by atoms with van der Waals surface area (Å²) < 4.78 is 13.9. The van der Waals surface area contributed by atoms with Gasteiger partial charge in [0.2, 0.25) is 5.71 Å². The molecule has 0 atom stereocenters. The first-order chi connectivity index (χ1) is 12.0. The van der Waals surface area contributed by atoms with E-state index in [1.54, 1.807) is 0 Å². The van der Waals surface area contributed by atoms with E-state index in [1.807, 2.05) is 0 Å². The van der Waals surface area contributed by atoms with E-state index in [9.17, 15) is 19.3 Å². The number of anilines is 1. The second-order valence-electron chi connectivity index (χ2n) is 4.59. The van der Waals surface area contributed by atoms with Crippen molar-refractivity contribution in [3.63, 3.8) is 0 Å². The van der Waals surface area contributed by atoms with Crippen LogP contribution >= 0.6 is 0 Å². The van der Waals surface area contributed by atoms with E-state index >= 15 is 0 Å². The highest BCUT2D eigenvalue weighted by Crippen LogP contribution is 2.25. The first-order valence-electron chi connectivity index (χ1n) is 6.69. The third-order valence-electron chi connectivity index (χ3n) is 3.08. The molecule has 2 rings (SSSR count). The molecule has 0 spiro atoms. The Morgan fingerprint density at radius 2 is 1.84 bits per heavy atom. The van der Waals surface area contributed by atoms with Crippen LogP contribution in [0.15, 0.2) is 47.6 Å². The summed E-state index contributed by atoms with van der Waals surface area (Å²) in [5.74, 6) is -1.60. The SMILES string of the molecule is N#CC(C#N)=NNc1ccc([N+](=O)[O-])cc1C(=O)c1ccccc1F. The molecule has 1 N–H and O–H groups in total. The smallest absolute Gasteiger partial charge is 0.270 e. The molecule has 0 unspecified atom stereocenters. The molecule has 0 heterocycles. The number of ketones is 1. The summed E-state index contributed by atoms with van der Waals surface area (Å²) in [7, 11) is 0. The zero-order chi connectivity index (χ0) is 18.4. The minimum absolute atomic E-state index is 0.0122. The number of non-ortho nitro benzene ring substituents is 1. The number of halogens is 1. The number of rotatable bonds is 5. The lowest BCUT2D eigenvalue weighted by Gasteiger charge is -2.08. The summed E-state index contributed by atoms with van der Waals surface area (Å²) in [5, 5.41) is 31.8. The molecule has 8 nitrogen and oxygen atoms in total. The van der Waals surface area contributed by atoms with Crippen molar-refractivity contribution in [1.29, 1.82) is 10.5 Å². The number of nitro groups is 1. The zero-order valence-electron chi connectivity index (χ0n) is 12.4. The summed E-state index contributed by atoms with van der Waals surface area (Å²) in [5.41, 5.74) is 0.920. The van der Waals surface area contributed by atoms with Gasteiger partial charge in [-0.05, 0) is 18.2 Å². The lowest BCUT2D eigenvalue weighted by Crippen LogP contribution is -2.09. The van der Waals surface area contributed by atoms with Gasteiger partial charge in [-0.15, -0.1) is 0 Å².